The van der Waals surface area contributed by atoms with Crippen molar-refractivity contribution in [1.82, 2.24) is 9.55 Å². The van der Waals surface area contributed by atoms with Crippen LogP contribution in [-0.4, -0.2) is 9.55 Å². The van der Waals surface area contributed by atoms with Crippen LogP contribution >= 0.6 is 0 Å². The Balaban J connectivity index is 1.48. The number of para-hydroxylation sites is 3. The molecule has 0 N–H and O–H groups in total. The Morgan fingerprint density at radius 3 is 1.73 bits per heavy atom. The van der Waals surface area contributed by atoms with Gasteiger partial charge in [0.1, 0.15) is 5.82 Å². The Hall–Kier alpha value is -5.47. The maximum atomic E-state index is 8.90. The molecule has 7 aromatic carbocycles. The number of hydrogen-bond acceptors (Lipinski definition) is 1. The summed E-state index contributed by atoms with van der Waals surface area (Å²) in [6, 6.07) is 26.3. The monoisotopic (exact) mass is 532 g/mol. The van der Waals surface area contributed by atoms with Gasteiger partial charge in [0.25, 0.3) is 0 Å². The molecule has 0 amide bonds. The third-order valence-corrected chi connectivity index (χ3v) is 7.37. The lowest BCUT2D eigenvalue weighted by Gasteiger charge is -2.18. The zero-order valence-corrected chi connectivity index (χ0v) is 21.6. The van der Waals surface area contributed by atoms with Crippen molar-refractivity contribution in [3.05, 3.63) is 157 Å². The molecule has 2 heteroatoms. The summed E-state index contributed by atoms with van der Waals surface area (Å²) < 4.78 is 86.3. The van der Waals surface area contributed by atoms with Crippen LogP contribution in [0.5, 0.6) is 0 Å². The fourth-order valence-electron chi connectivity index (χ4n) is 5.68. The van der Waals surface area contributed by atoms with E-state index in [0.717, 1.165) is 32.7 Å². The van der Waals surface area contributed by atoms with Crippen molar-refractivity contribution in [3.63, 3.8) is 0 Å². The molecule has 8 rings (SSSR count). The van der Waals surface area contributed by atoms with Crippen molar-refractivity contribution in [3.8, 4) is 39.3 Å². The third-order valence-electron chi connectivity index (χ3n) is 7.37. The van der Waals surface area contributed by atoms with Crippen LogP contribution in [0.15, 0.2) is 157 Å². The van der Waals surface area contributed by atoms with E-state index in [2.05, 4.69) is 0 Å². The van der Waals surface area contributed by atoms with Crippen molar-refractivity contribution in [2.45, 2.75) is 0 Å². The predicted octanol–water partition coefficient (Wildman–Crippen LogP) is 10.3. The van der Waals surface area contributed by atoms with Crippen molar-refractivity contribution in [2.24, 2.45) is 0 Å². The number of imidazole rings is 1. The van der Waals surface area contributed by atoms with Crippen LogP contribution in [0.3, 0.4) is 0 Å². The highest BCUT2D eigenvalue weighted by molar-refractivity contribution is 6.21. The average Bonchev–Trinajstić information content (AvgIpc) is 3.52. The second-order valence-electron chi connectivity index (χ2n) is 9.66. The van der Waals surface area contributed by atoms with Gasteiger partial charge in [-0.1, -0.05) is 127 Å². The molecule has 41 heavy (non-hydrogen) atoms. The molecule has 0 saturated carbocycles. The van der Waals surface area contributed by atoms with E-state index in [0.29, 0.717) is 28.0 Å². The molecule has 0 aliphatic rings. The van der Waals surface area contributed by atoms with Gasteiger partial charge in [-0.25, -0.2) is 4.98 Å². The summed E-state index contributed by atoms with van der Waals surface area (Å²) in [5.41, 5.74) is 4.06. The highest BCUT2D eigenvalue weighted by atomic mass is 15.1. The standard InChI is InChI=1S/C39H26N2/c1-3-14-27(15-4-1)28-16-13-17-29(26-28)37-31-20-7-9-22-33(31)38(34-23-10-8-21-32(34)37)39-40-35-24-11-12-25-36(35)41(39)30-18-5-2-6-19-30/h1-26H/i1D,2D,3D,4D,5D,6D,14D,15D,18D,19D. The molecule has 0 atom stereocenters. The quantitative estimate of drug-likeness (QED) is 0.206. The molecule has 0 radical (unpaired) electrons. The zero-order chi connectivity index (χ0) is 35.9. The molecular weight excluding hydrogens is 496 g/mol. The van der Waals surface area contributed by atoms with Gasteiger partial charge in [0.05, 0.1) is 24.7 Å². The van der Waals surface area contributed by atoms with Gasteiger partial charge in [0.2, 0.25) is 0 Å². The topological polar surface area (TPSA) is 17.8 Å². The fourth-order valence-corrected chi connectivity index (χ4v) is 5.68. The van der Waals surface area contributed by atoms with Gasteiger partial charge < -0.3 is 0 Å². The highest BCUT2D eigenvalue weighted by Crippen LogP contribution is 2.45. The maximum absolute atomic E-state index is 8.90. The second kappa shape index (κ2) is 9.62. The minimum atomic E-state index is -0.481. The first-order valence-corrected chi connectivity index (χ1v) is 13.2. The SMILES string of the molecule is [2H]c1c([2H])c([2H])c(-c2cccc(-c3c4ccccc4c(-c4nc5ccccc5n4-c4c([2H])c([2H])c([2H])c([2H])c4[2H])c4ccccc34)c2)c([2H])c1[2H]. The van der Waals surface area contributed by atoms with Crippen molar-refractivity contribution in [1.29, 1.82) is 0 Å². The lowest BCUT2D eigenvalue weighted by atomic mass is 9.87. The number of fused-ring (bicyclic) bond motifs is 3. The van der Waals surface area contributed by atoms with Crippen molar-refractivity contribution in [2.75, 3.05) is 0 Å². The number of hydrogen-bond donors (Lipinski definition) is 0. The second-order valence-corrected chi connectivity index (χ2v) is 9.66. The minimum absolute atomic E-state index is 0.00624. The molecule has 0 saturated heterocycles. The molecule has 1 aromatic heterocycles. The van der Waals surface area contributed by atoms with Crippen LogP contribution in [0.1, 0.15) is 13.7 Å². The summed E-state index contributed by atoms with van der Waals surface area (Å²) in [7, 11) is 0. The Morgan fingerprint density at radius 2 is 1.05 bits per heavy atom. The summed E-state index contributed by atoms with van der Waals surface area (Å²) in [4.78, 5) is 5.06. The van der Waals surface area contributed by atoms with E-state index < -0.39 is 36.3 Å². The predicted molar refractivity (Wildman–Crippen MR) is 172 cm³/mol. The van der Waals surface area contributed by atoms with E-state index in [1.165, 1.54) is 0 Å². The van der Waals surface area contributed by atoms with Crippen LogP contribution < -0.4 is 0 Å². The Kier molecular flexibility index (Phi) is 3.60. The Labute approximate surface area is 252 Å². The molecule has 0 fully saturated rings. The largest absolute Gasteiger partial charge is 0.292 e. The van der Waals surface area contributed by atoms with Gasteiger partial charge in [0.15, 0.2) is 0 Å². The van der Waals surface area contributed by atoms with Gasteiger partial charge in [-0.15, -0.1) is 0 Å². The fraction of sp³-hybridized carbons (Fsp3) is 0. The number of benzene rings is 7. The molecule has 2 nitrogen and oxygen atoms in total. The summed E-state index contributed by atoms with van der Waals surface area (Å²) in [5, 5.41) is 3.26. The molecule has 0 spiro atoms. The van der Waals surface area contributed by atoms with E-state index in [1.54, 1.807) is 16.7 Å². The van der Waals surface area contributed by atoms with Crippen LogP contribution in [0.4, 0.5) is 0 Å². The molecule has 0 unspecified atom stereocenters. The van der Waals surface area contributed by atoms with Gasteiger partial charge in [-0.05, 0) is 74.1 Å². The number of rotatable bonds is 4. The summed E-state index contributed by atoms with van der Waals surface area (Å²) in [6.07, 6.45) is 0. The van der Waals surface area contributed by atoms with E-state index in [9.17, 15) is 0 Å². The highest BCUT2D eigenvalue weighted by Gasteiger charge is 2.22. The first kappa shape index (κ1) is 15.4. The number of aromatic nitrogens is 2. The first-order chi connectivity index (χ1) is 24.5. The number of nitrogens with zero attached hydrogens (tertiary/aromatic N) is 2. The first-order valence-electron chi connectivity index (χ1n) is 18.2. The molecule has 0 bridgehead atoms. The minimum Gasteiger partial charge on any atom is -0.292 e. The Morgan fingerprint density at radius 1 is 0.488 bits per heavy atom. The van der Waals surface area contributed by atoms with Crippen LogP contribution in [0, 0.1) is 0 Å². The average molecular weight is 533 g/mol. The van der Waals surface area contributed by atoms with Crippen LogP contribution in [-0.2, 0) is 0 Å². The zero-order valence-electron chi connectivity index (χ0n) is 31.6. The smallest absolute Gasteiger partial charge is 0.146 e. The summed E-state index contributed by atoms with van der Waals surface area (Å²) >= 11 is 0. The molecular formula is C39H26N2. The molecule has 0 aliphatic heterocycles. The molecule has 192 valence electrons. The molecule has 1 heterocycles. The van der Waals surface area contributed by atoms with Gasteiger partial charge in [-0.3, -0.25) is 4.57 Å². The lowest BCUT2D eigenvalue weighted by molar-refractivity contribution is 1.11. The van der Waals surface area contributed by atoms with Crippen LogP contribution in [0.25, 0.3) is 71.9 Å². The summed E-state index contributed by atoms with van der Waals surface area (Å²) in [5.74, 6) is 0.404. The lowest BCUT2D eigenvalue weighted by Crippen LogP contribution is -1.99. The summed E-state index contributed by atoms with van der Waals surface area (Å²) in [6.45, 7) is 0. The van der Waals surface area contributed by atoms with E-state index in [1.807, 2.05) is 84.9 Å². The molecule has 0 aliphatic carbocycles. The Bertz CT molecular complexity index is 2660. The van der Waals surface area contributed by atoms with E-state index in [-0.39, 0.29) is 35.4 Å². The molecule has 8 aromatic rings. The maximum Gasteiger partial charge on any atom is 0.146 e. The van der Waals surface area contributed by atoms with Gasteiger partial charge >= 0.3 is 0 Å². The van der Waals surface area contributed by atoms with Gasteiger partial charge in [-0.2, -0.15) is 0 Å². The van der Waals surface area contributed by atoms with Crippen molar-refractivity contribution >= 4 is 32.6 Å². The third kappa shape index (κ3) is 3.84. The van der Waals surface area contributed by atoms with E-state index >= 15 is 0 Å². The van der Waals surface area contributed by atoms with Gasteiger partial charge in [0, 0.05) is 11.3 Å². The van der Waals surface area contributed by atoms with Crippen molar-refractivity contribution < 1.29 is 13.7 Å². The van der Waals surface area contributed by atoms with E-state index in [4.69, 9.17) is 18.7 Å². The normalized spacial score (nSPS) is 14.8. The van der Waals surface area contributed by atoms with Crippen LogP contribution in [0.2, 0.25) is 0 Å².